The van der Waals surface area contributed by atoms with E-state index in [1.807, 2.05) is 0 Å². The Kier molecular flexibility index (Phi) is 3.57. The predicted octanol–water partition coefficient (Wildman–Crippen LogP) is 1.93. The number of hydrogen-bond donors (Lipinski definition) is 1. The van der Waals surface area contributed by atoms with Crippen LogP contribution < -0.4 is 5.32 Å². The van der Waals surface area contributed by atoms with Gasteiger partial charge in [-0.1, -0.05) is 12.1 Å². The number of thioether (sulfide) groups is 1. The standard InChI is InChI=1S/C12H9FN2O2S/c1-7(16)14-12-15-11(17)10(18-12)6-8-2-4-9(13)5-3-8/h2-6H,1H3,(H,14,15,16,17)/b10-6-. The first-order valence-electron chi connectivity index (χ1n) is 5.10. The summed E-state index contributed by atoms with van der Waals surface area (Å²) in [5.74, 6) is -1.03. The third kappa shape index (κ3) is 3.04. The maximum atomic E-state index is 12.7. The average Bonchev–Trinajstić information content (AvgIpc) is 2.61. The Bertz CT molecular complexity index is 564. The average molecular weight is 264 g/mol. The Hall–Kier alpha value is -1.95. The molecule has 2 rings (SSSR count). The minimum Gasteiger partial charge on any atom is -0.305 e. The molecule has 1 aromatic rings. The van der Waals surface area contributed by atoms with E-state index < -0.39 is 5.91 Å². The van der Waals surface area contributed by atoms with Crippen molar-refractivity contribution in [1.29, 1.82) is 0 Å². The van der Waals surface area contributed by atoms with Gasteiger partial charge >= 0.3 is 0 Å². The molecule has 0 aliphatic carbocycles. The minimum atomic E-state index is -0.409. The van der Waals surface area contributed by atoms with E-state index >= 15 is 0 Å². The van der Waals surface area contributed by atoms with Gasteiger partial charge < -0.3 is 5.32 Å². The fraction of sp³-hybridized carbons (Fsp3) is 0.0833. The van der Waals surface area contributed by atoms with Gasteiger partial charge in [0.05, 0.1) is 4.91 Å². The lowest BCUT2D eigenvalue weighted by Crippen LogP contribution is -2.23. The van der Waals surface area contributed by atoms with Gasteiger partial charge in [0, 0.05) is 6.92 Å². The van der Waals surface area contributed by atoms with Crippen LogP contribution in [-0.4, -0.2) is 17.0 Å². The van der Waals surface area contributed by atoms with Gasteiger partial charge in [0.1, 0.15) is 5.82 Å². The number of halogens is 1. The van der Waals surface area contributed by atoms with Crippen LogP contribution in [0.15, 0.2) is 34.2 Å². The van der Waals surface area contributed by atoms with Crippen LogP contribution in [0.25, 0.3) is 6.08 Å². The topological polar surface area (TPSA) is 58.5 Å². The van der Waals surface area contributed by atoms with Gasteiger partial charge in [-0.3, -0.25) is 9.59 Å². The monoisotopic (exact) mass is 264 g/mol. The lowest BCUT2D eigenvalue weighted by Gasteiger charge is -1.98. The number of carbonyl (C=O) groups excluding carboxylic acids is 2. The molecule has 4 nitrogen and oxygen atoms in total. The molecule has 1 heterocycles. The molecule has 1 aliphatic heterocycles. The lowest BCUT2D eigenvalue weighted by atomic mass is 10.2. The number of amides is 2. The van der Waals surface area contributed by atoms with Gasteiger partial charge in [-0.25, -0.2) is 4.39 Å². The third-order valence-electron chi connectivity index (χ3n) is 2.07. The van der Waals surface area contributed by atoms with Gasteiger partial charge in [-0.2, -0.15) is 4.99 Å². The summed E-state index contributed by atoms with van der Waals surface area (Å²) in [7, 11) is 0. The molecule has 0 saturated heterocycles. The summed E-state index contributed by atoms with van der Waals surface area (Å²) in [5.41, 5.74) is 0.700. The smallest absolute Gasteiger partial charge is 0.286 e. The molecule has 0 atom stereocenters. The van der Waals surface area contributed by atoms with E-state index in [1.54, 1.807) is 18.2 Å². The summed E-state index contributed by atoms with van der Waals surface area (Å²) in [6, 6.07) is 5.75. The maximum Gasteiger partial charge on any atom is 0.286 e. The van der Waals surface area contributed by atoms with Crippen molar-refractivity contribution >= 4 is 34.8 Å². The molecule has 0 unspecified atom stereocenters. The molecule has 6 heteroatoms. The first kappa shape index (κ1) is 12.5. The number of benzene rings is 1. The van der Waals surface area contributed by atoms with Gasteiger partial charge in [0.25, 0.3) is 5.91 Å². The molecule has 92 valence electrons. The normalized spacial score (nSPS) is 16.9. The molecule has 0 bridgehead atoms. The van der Waals surface area contributed by atoms with Crippen LogP contribution in [0.4, 0.5) is 4.39 Å². The highest BCUT2D eigenvalue weighted by Crippen LogP contribution is 2.27. The summed E-state index contributed by atoms with van der Waals surface area (Å²) in [5, 5.41) is 2.71. The Morgan fingerprint density at radius 2 is 2.06 bits per heavy atom. The Morgan fingerprint density at radius 3 is 2.67 bits per heavy atom. The lowest BCUT2D eigenvalue weighted by molar-refractivity contribution is -0.117. The first-order valence-corrected chi connectivity index (χ1v) is 5.92. The van der Waals surface area contributed by atoms with E-state index in [1.165, 1.54) is 19.1 Å². The van der Waals surface area contributed by atoms with Crippen molar-refractivity contribution in [3.8, 4) is 0 Å². The van der Waals surface area contributed by atoms with Gasteiger partial charge in [0.2, 0.25) is 5.91 Å². The van der Waals surface area contributed by atoms with Gasteiger partial charge in [-0.15, -0.1) is 0 Å². The van der Waals surface area contributed by atoms with Crippen molar-refractivity contribution in [3.05, 3.63) is 40.6 Å². The molecule has 0 fully saturated rings. The number of rotatable bonds is 1. The van der Waals surface area contributed by atoms with E-state index in [4.69, 9.17) is 0 Å². The second kappa shape index (κ2) is 5.14. The van der Waals surface area contributed by atoms with E-state index in [9.17, 15) is 14.0 Å². The van der Waals surface area contributed by atoms with E-state index in [2.05, 4.69) is 10.3 Å². The highest BCUT2D eigenvalue weighted by atomic mass is 32.2. The second-order valence-corrected chi connectivity index (χ2v) is 4.60. The Labute approximate surface area is 107 Å². The van der Waals surface area contributed by atoms with Crippen molar-refractivity contribution < 1.29 is 14.0 Å². The minimum absolute atomic E-state index is 0.265. The molecule has 2 amide bonds. The number of aliphatic imine (C=N–C) groups is 1. The van der Waals surface area contributed by atoms with Crippen molar-refractivity contribution in [1.82, 2.24) is 5.32 Å². The van der Waals surface area contributed by atoms with E-state index in [0.717, 1.165) is 11.8 Å². The molecule has 1 aliphatic rings. The summed E-state index contributed by atoms with van der Waals surface area (Å²) in [4.78, 5) is 26.5. The van der Waals surface area contributed by atoms with Crippen LogP contribution in [0.5, 0.6) is 0 Å². The molecule has 0 radical (unpaired) electrons. The molecule has 0 saturated carbocycles. The zero-order valence-corrected chi connectivity index (χ0v) is 10.3. The summed E-state index contributed by atoms with van der Waals surface area (Å²) < 4.78 is 12.7. The highest BCUT2D eigenvalue weighted by molar-refractivity contribution is 8.18. The number of nitrogens with one attached hydrogen (secondary N) is 1. The molecule has 1 N–H and O–H groups in total. The van der Waals surface area contributed by atoms with Gasteiger partial charge in [-0.05, 0) is 35.5 Å². The van der Waals surface area contributed by atoms with Crippen LogP contribution in [0.3, 0.4) is 0 Å². The SMILES string of the molecule is CC(=O)NC1=NC(=O)/C(=C/c2ccc(F)cc2)S1. The molecule has 0 spiro atoms. The van der Waals surface area contributed by atoms with Crippen LogP contribution >= 0.6 is 11.8 Å². The summed E-state index contributed by atoms with van der Waals surface area (Å²) >= 11 is 1.08. The fourth-order valence-electron chi connectivity index (χ4n) is 1.32. The number of hydrogen-bond acceptors (Lipinski definition) is 3. The molecule has 1 aromatic carbocycles. The van der Waals surface area contributed by atoms with Crippen molar-refractivity contribution in [3.63, 3.8) is 0 Å². The van der Waals surface area contributed by atoms with Crippen LogP contribution in [0, 0.1) is 5.82 Å². The van der Waals surface area contributed by atoms with Crippen molar-refractivity contribution in [2.75, 3.05) is 0 Å². The number of nitrogens with zero attached hydrogens (tertiary/aromatic N) is 1. The number of amidine groups is 1. The zero-order chi connectivity index (χ0) is 13.1. The predicted molar refractivity (Wildman–Crippen MR) is 68.2 cm³/mol. The summed E-state index contributed by atoms with van der Waals surface area (Å²) in [6.45, 7) is 1.34. The van der Waals surface area contributed by atoms with Crippen LogP contribution in [0.1, 0.15) is 12.5 Å². The molecular formula is C12H9FN2O2S. The third-order valence-corrected chi connectivity index (χ3v) is 2.97. The van der Waals surface area contributed by atoms with Gasteiger partial charge in [0.15, 0.2) is 5.17 Å². The second-order valence-electron chi connectivity index (χ2n) is 3.57. The molecule has 18 heavy (non-hydrogen) atoms. The Balaban J connectivity index is 2.15. The van der Waals surface area contributed by atoms with Crippen LogP contribution in [0.2, 0.25) is 0 Å². The largest absolute Gasteiger partial charge is 0.305 e. The highest BCUT2D eigenvalue weighted by Gasteiger charge is 2.22. The van der Waals surface area contributed by atoms with Crippen LogP contribution in [-0.2, 0) is 9.59 Å². The van der Waals surface area contributed by atoms with Crippen molar-refractivity contribution in [2.45, 2.75) is 6.92 Å². The Morgan fingerprint density at radius 1 is 1.39 bits per heavy atom. The van der Waals surface area contributed by atoms with E-state index in [0.29, 0.717) is 10.5 Å². The maximum absolute atomic E-state index is 12.7. The first-order chi connectivity index (χ1) is 8.54. The fourth-order valence-corrected chi connectivity index (χ4v) is 2.18. The molecular weight excluding hydrogens is 255 g/mol. The summed E-state index contributed by atoms with van der Waals surface area (Å²) in [6.07, 6.45) is 1.60. The van der Waals surface area contributed by atoms with Crippen molar-refractivity contribution in [2.24, 2.45) is 4.99 Å². The quantitative estimate of drug-likeness (QED) is 0.788. The zero-order valence-electron chi connectivity index (χ0n) is 9.44. The van der Waals surface area contributed by atoms with E-state index in [-0.39, 0.29) is 16.9 Å². The number of carbonyl (C=O) groups is 2. The molecule has 0 aromatic heterocycles.